The van der Waals surface area contributed by atoms with E-state index < -0.39 is 34.7 Å². The third-order valence-corrected chi connectivity index (χ3v) is 10.2. The summed E-state index contributed by atoms with van der Waals surface area (Å²) in [5.41, 5.74) is 0.379. The van der Waals surface area contributed by atoms with E-state index in [4.69, 9.17) is 4.74 Å². The topological polar surface area (TPSA) is 113 Å². The van der Waals surface area contributed by atoms with Crippen LogP contribution in [0.25, 0.3) is 11.3 Å². The van der Waals surface area contributed by atoms with Crippen LogP contribution in [0.15, 0.2) is 137 Å². The average molecular weight is 638 g/mol. The van der Waals surface area contributed by atoms with Crippen molar-refractivity contribution in [1.82, 2.24) is 13.9 Å². The molecule has 48 heavy (non-hydrogen) atoms. The van der Waals surface area contributed by atoms with Gasteiger partial charge in [0.15, 0.2) is 11.6 Å². The Morgan fingerprint density at radius 3 is 2.15 bits per heavy atom. The zero-order valence-electron chi connectivity index (χ0n) is 26.0. The van der Waals surface area contributed by atoms with Crippen molar-refractivity contribution in [2.24, 2.45) is 5.92 Å². The molecular weight excluding hydrogens is 606 g/mol. The van der Waals surface area contributed by atoms with E-state index in [2.05, 4.69) is 0 Å². The molecule has 0 amide bonds. The van der Waals surface area contributed by atoms with Gasteiger partial charge in [0.2, 0.25) is 0 Å². The molecule has 238 valence electrons. The van der Waals surface area contributed by atoms with Crippen molar-refractivity contribution in [3.63, 3.8) is 0 Å². The number of fused-ring (bicyclic) bond motifs is 4. The number of para-hydroxylation sites is 1. The molecule has 1 N–H and O–H groups in total. The van der Waals surface area contributed by atoms with Gasteiger partial charge in [0.25, 0.3) is 0 Å². The zero-order chi connectivity index (χ0) is 33.2. The Hall–Kier alpha value is -5.96. The number of benzene rings is 4. The van der Waals surface area contributed by atoms with Gasteiger partial charge in [-0.3, -0.25) is 9.59 Å². The highest BCUT2D eigenvalue weighted by Crippen LogP contribution is 2.63. The fraction of sp³-hybridized carbons (Fsp3) is 0.179. The summed E-state index contributed by atoms with van der Waals surface area (Å²) in [6.45, 7) is 0.0505. The Morgan fingerprint density at radius 2 is 1.46 bits per heavy atom. The van der Waals surface area contributed by atoms with E-state index >= 15 is 4.79 Å². The van der Waals surface area contributed by atoms with Crippen LogP contribution in [0.1, 0.15) is 35.1 Å². The molecule has 1 saturated carbocycles. The molecular formula is C39H31N3O6. The maximum Gasteiger partial charge on any atom is 0.352 e. The van der Waals surface area contributed by atoms with E-state index in [1.54, 1.807) is 54.6 Å². The second-order valence-electron chi connectivity index (χ2n) is 12.4. The van der Waals surface area contributed by atoms with E-state index in [-0.39, 0.29) is 35.9 Å². The number of aromatic hydroxyl groups is 1. The molecule has 2 heterocycles. The number of phenolic OH excluding ortho intramolecular Hbond substituents is 1. The summed E-state index contributed by atoms with van der Waals surface area (Å²) < 4.78 is 9.77. The fourth-order valence-electron chi connectivity index (χ4n) is 8.25. The summed E-state index contributed by atoms with van der Waals surface area (Å²) in [4.78, 5) is 58.2. The van der Waals surface area contributed by atoms with Gasteiger partial charge in [-0.25, -0.2) is 23.5 Å². The maximum absolute atomic E-state index is 15.1. The largest absolute Gasteiger partial charge is 0.508 e. The second kappa shape index (κ2) is 11.1. The lowest BCUT2D eigenvalue weighted by atomic mass is 9.47. The maximum atomic E-state index is 15.1. The SMILES string of the molecule is COc1cccc(O)c1[C@H]1C2=CCn3c(=O)n(-c4ccccc4)c(=O)n3[C@@H]2C[C@H]2C(=O)C(c3ccccc3)=CC(=O)[C@@]12c1ccccc1. The van der Waals surface area contributed by atoms with Crippen molar-refractivity contribution in [2.75, 3.05) is 7.11 Å². The summed E-state index contributed by atoms with van der Waals surface area (Å²) in [5.74, 6) is -2.21. The predicted molar refractivity (Wildman–Crippen MR) is 179 cm³/mol. The number of methoxy groups -OCH3 is 1. The number of phenols is 1. The molecule has 4 aromatic carbocycles. The summed E-state index contributed by atoms with van der Waals surface area (Å²) in [7, 11) is 1.49. The molecule has 3 aliphatic rings. The minimum Gasteiger partial charge on any atom is -0.508 e. The Morgan fingerprint density at radius 1 is 0.792 bits per heavy atom. The van der Waals surface area contributed by atoms with Crippen LogP contribution in [0.3, 0.4) is 0 Å². The Kier molecular flexibility index (Phi) is 6.80. The molecule has 5 aromatic rings. The van der Waals surface area contributed by atoms with E-state index in [9.17, 15) is 19.5 Å². The fourth-order valence-corrected chi connectivity index (χ4v) is 8.25. The molecule has 1 aliphatic heterocycles. The number of nitrogens with zero attached hydrogens (tertiary/aromatic N) is 3. The molecule has 9 nitrogen and oxygen atoms in total. The highest BCUT2D eigenvalue weighted by Gasteiger charge is 2.64. The Balaban J connectivity index is 1.45. The molecule has 0 saturated heterocycles. The quantitative estimate of drug-likeness (QED) is 0.273. The number of carbonyl (C=O) groups excluding carboxylic acids is 2. The van der Waals surface area contributed by atoms with Gasteiger partial charge in [-0.2, -0.15) is 0 Å². The van der Waals surface area contributed by atoms with Gasteiger partial charge in [-0.05, 0) is 53.5 Å². The van der Waals surface area contributed by atoms with Gasteiger partial charge in [-0.1, -0.05) is 91.0 Å². The van der Waals surface area contributed by atoms with Crippen LogP contribution in [-0.4, -0.2) is 37.7 Å². The van der Waals surface area contributed by atoms with Gasteiger partial charge in [0.1, 0.15) is 11.5 Å². The molecule has 0 radical (unpaired) electrons. The van der Waals surface area contributed by atoms with Gasteiger partial charge < -0.3 is 9.84 Å². The summed E-state index contributed by atoms with van der Waals surface area (Å²) in [6, 6.07) is 31.1. The molecule has 2 aliphatic carbocycles. The van der Waals surface area contributed by atoms with Crippen LogP contribution in [0.4, 0.5) is 0 Å². The standard InChI is InChI=1S/C39H31N3O6/c1-48-32-19-11-18-31(43)34(32)35-27-20-21-40-37(46)41(26-16-9-4-10-17-26)38(47)42(40)30(27)23-29-36(45)28(24-12-5-2-6-13-24)22-33(44)39(29,35)25-14-7-3-8-15-25/h2-20,22,29-30,35,43H,21,23H2,1H3/t29-,30+,35+,39-/m0/s1. The van der Waals surface area contributed by atoms with E-state index in [1.807, 2.05) is 54.6 Å². The van der Waals surface area contributed by atoms with Crippen molar-refractivity contribution in [3.8, 4) is 17.2 Å². The number of aromatic nitrogens is 3. The summed E-state index contributed by atoms with van der Waals surface area (Å²) in [5, 5.41) is 11.6. The molecule has 0 bridgehead atoms. The lowest BCUT2D eigenvalue weighted by Crippen LogP contribution is -2.58. The second-order valence-corrected chi connectivity index (χ2v) is 12.4. The Labute approximate surface area is 275 Å². The molecule has 0 unspecified atom stereocenters. The summed E-state index contributed by atoms with van der Waals surface area (Å²) >= 11 is 0. The first-order valence-corrected chi connectivity index (χ1v) is 15.8. The van der Waals surface area contributed by atoms with Gasteiger partial charge in [-0.15, -0.1) is 0 Å². The number of rotatable bonds is 5. The number of hydrogen-bond donors (Lipinski definition) is 1. The number of allylic oxidation sites excluding steroid dienone is 4. The van der Waals surface area contributed by atoms with Crippen LogP contribution < -0.4 is 16.1 Å². The van der Waals surface area contributed by atoms with Crippen LogP contribution >= 0.6 is 0 Å². The normalized spacial score (nSPS) is 23.0. The Bertz CT molecular complexity index is 2280. The van der Waals surface area contributed by atoms with Crippen molar-refractivity contribution in [3.05, 3.63) is 165 Å². The van der Waals surface area contributed by atoms with Crippen LogP contribution in [0, 0.1) is 5.92 Å². The van der Waals surface area contributed by atoms with Crippen molar-refractivity contribution in [2.45, 2.75) is 30.3 Å². The highest BCUT2D eigenvalue weighted by molar-refractivity contribution is 6.31. The van der Waals surface area contributed by atoms with Gasteiger partial charge in [0.05, 0.1) is 30.8 Å². The molecule has 1 fully saturated rings. The minimum absolute atomic E-state index is 0.0505. The highest BCUT2D eigenvalue weighted by atomic mass is 16.5. The lowest BCUT2D eigenvalue weighted by molar-refractivity contribution is -0.133. The van der Waals surface area contributed by atoms with E-state index in [1.165, 1.54) is 28.6 Å². The average Bonchev–Trinajstić information content (AvgIpc) is 3.39. The van der Waals surface area contributed by atoms with Crippen molar-refractivity contribution >= 4 is 17.1 Å². The van der Waals surface area contributed by atoms with Crippen molar-refractivity contribution < 1.29 is 19.4 Å². The first kappa shape index (κ1) is 29.4. The number of carbonyl (C=O) groups is 2. The van der Waals surface area contributed by atoms with Crippen LogP contribution in [-0.2, 0) is 21.5 Å². The molecule has 1 aromatic heterocycles. The third kappa shape index (κ3) is 4.03. The van der Waals surface area contributed by atoms with E-state index in [0.29, 0.717) is 33.7 Å². The molecule has 8 rings (SSSR count). The number of ether oxygens (including phenoxy) is 1. The monoisotopic (exact) mass is 637 g/mol. The first-order chi connectivity index (χ1) is 23.4. The minimum atomic E-state index is -1.50. The number of hydrogen-bond acceptors (Lipinski definition) is 6. The smallest absolute Gasteiger partial charge is 0.352 e. The van der Waals surface area contributed by atoms with Crippen molar-refractivity contribution in [1.29, 1.82) is 0 Å². The number of ketones is 2. The van der Waals surface area contributed by atoms with E-state index in [0.717, 1.165) is 4.57 Å². The van der Waals surface area contributed by atoms with Gasteiger partial charge in [0, 0.05) is 23.0 Å². The van der Waals surface area contributed by atoms with Gasteiger partial charge >= 0.3 is 11.4 Å². The first-order valence-electron chi connectivity index (χ1n) is 15.8. The van der Waals surface area contributed by atoms with Crippen LogP contribution in [0.2, 0.25) is 0 Å². The van der Waals surface area contributed by atoms with Crippen LogP contribution in [0.5, 0.6) is 11.5 Å². The summed E-state index contributed by atoms with van der Waals surface area (Å²) in [6.07, 6.45) is 3.38. The predicted octanol–water partition coefficient (Wildman–Crippen LogP) is 4.97. The molecule has 4 atom stereocenters. The third-order valence-electron chi connectivity index (χ3n) is 10.2. The zero-order valence-corrected chi connectivity index (χ0v) is 26.0. The molecule has 9 heteroatoms. The number of Topliss-reactive ketones (excluding diaryl/α,β-unsaturated/α-hetero) is 1. The lowest BCUT2D eigenvalue weighted by Gasteiger charge is -2.54. The molecule has 0 spiro atoms.